The molecule has 1 fully saturated rings. The molecule has 1 heterocycles. The van der Waals surface area contributed by atoms with Crippen molar-refractivity contribution in [1.82, 2.24) is 10.2 Å². The van der Waals surface area contributed by atoms with Gasteiger partial charge in [0.25, 0.3) is 0 Å². The Morgan fingerprint density at radius 3 is 2.61 bits per heavy atom. The van der Waals surface area contributed by atoms with Crippen molar-refractivity contribution in [1.29, 1.82) is 5.41 Å². The van der Waals surface area contributed by atoms with Crippen LogP contribution < -0.4 is 5.32 Å². The number of carbonyl (C=O) groups is 1. The molecular formula is C10H18FN3O4. The molecule has 0 aromatic heterocycles. The van der Waals surface area contributed by atoms with Gasteiger partial charge >= 0.3 is 6.03 Å². The number of aliphatic hydroxyl groups excluding tert-OH is 2. The SMILES string of the molecule is CC(=N)NC(=O)N(C)C1OC(CO)C(O)C1(C)F. The van der Waals surface area contributed by atoms with Gasteiger partial charge in [0, 0.05) is 7.05 Å². The van der Waals surface area contributed by atoms with Gasteiger partial charge in [-0.2, -0.15) is 0 Å². The van der Waals surface area contributed by atoms with Gasteiger partial charge in [0.05, 0.1) is 12.4 Å². The Morgan fingerprint density at radius 1 is 1.67 bits per heavy atom. The van der Waals surface area contributed by atoms with E-state index in [2.05, 4.69) is 5.32 Å². The van der Waals surface area contributed by atoms with Gasteiger partial charge in [-0.15, -0.1) is 0 Å². The summed E-state index contributed by atoms with van der Waals surface area (Å²) in [5.74, 6) is -0.0929. The Kier molecular flexibility index (Phi) is 4.25. The molecular weight excluding hydrogens is 245 g/mol. The lowest BCUT2D eigenvalue weighted by atomic mass is 9.98. The molecule has 1 rings (SSSR count). The van der Waals surface area contributed by atoms with Gasteiger partial charge in [0.2, 0.25) is 0 Å². The summed E-state index contributed by atoms with van der Waals surface area (Å²) in [6.45, 7) is 1.91. The van der Waals surface area contributed by atoms with Crippen molar-refractivity contribution in [2.75, 3.05) is 13.7 Å². The number of ether oxygens (including phenoxy) is 1. The number of urea groups is 1. The van der Waals surface area contributed by atoms with Gasteiger partial charge in [-0.25, -0.2) is 9.18 Å². The largest absolute Gasteiger partial charge is 0.394 e. The van der Waals surface area contributed by atoms with E-state index in [1.165, 1.54) is 14.0 Å². The van der Waals surface area contributed by atoms with Crippen LogP contribution in [-0.4, -0.2) is 64.7 Å². The van der Waals surface area contributed by atoms with Crippen LogP contribution in [0.1, 0.15) is 13.8 Å². The first-order chi connectivity index (χ1) is 8.21. The maximum absolute atomic E-state index is 14.3. The van der Waals surface area contributed by atoms with Crippen molar-refractivity contribution in [3.8, 4) is 0 Å². The van der Waals surface area contributed by atoms with E-state index < -0.39 is 36.7 Å². The summed E-state index contributed by atoms with van der Waals surface area (Å²) in [4.78, 5) is 12.5. The van der Waals surface area contributed by atoms with Gasteiger partial charge in [-0.3, -0.25) is 15.6 Å². The third-order valence-electron chi connectivity index (χ3n) is 2.86. The summed E-state index contributed by atoms with van der Waals surface area (Å²) in [6.07, 6.45) is -3.94. The van der Waals surface area contributed by atoms with Crippen LogP contribution in [0.5, 0.6) is 0 Å². The maximum atomic E-state index is 14.3. The second-order valence-electron chi connectivity index (χ2n) is 4.47. The zero-order chi connectivity index (χ0) is 14.1. The molecule has 4 unspecified atom stereocenters. The Labute approximate surface area is 104 Å². The highest BCUT2D eigenvalue weighted by Crippen LogP contribution is 2.35. The summed E-state index contributed by atoms with van der Waals surface area (Å²) in [5.41, 5.74) is -2.20. The summed E-state index contributed by atoms with van der Waals surface area (Å²) in [7, 11) is 1.28. The molecule has 8 heteroatoms. The summed E-state index contributed by atoms with van der Waals surface area (Å²) < 4.78 is 19.4. The van der Waals surface area contributed by atoms with Crippen LogP contribution in [0, 0.1) is 5.41 Å². The average Bonchev–Trinajstić information content (AvgIpc) is 2.49. The predicted molar refractivity (Wildman–Crippen MR) is 61.0 cm³/mol. The van der Waals surface area contributed by atoms with Crippen molar-refractivity contribution < 1.29 is 24.1 Å². The highest BCUT2D eigenvalue weighted by molar-refractivity contribution is 5.94. The monoisotopic (exact) mass is 263 g/mol. The van der Waals surface area contributed by atoms with E-state index in [1.54, 1.807) is 0 Å². The molecule has 0 bridgehead atoms. The Balaban J connectivity index is 2.83. The first kappa shape index (κ1) is 14.8. The zero-order valence-corrected chi connectivity index (χ0v) is 10.5. The number of halogens is 1. The second-order valence-corrected chi connectivity index (χ2v) is 4.47. The van der Waals surface area contributed by atoms with Crippen molar-refractivity contribution in [3.05, 3.63) is 0 Å². The zero-order valence-electron chi connectivity index (χ0n) is 10.5. The fourth-order valence-electron chi connectivity index (χ4n) is 1.85. The first-order valence-electron chi connectivity index (χ1n) is 5.44. The van der Waals surface area contributed by atoms with E-state index in [0.717, 1.165) is 11.8 Å². The smallest absolute Gasteiger partial charge is 0.324 e. The summed E-state index contributed by atoms with van der Waals surface area (Å²) in [6, 6.07) is -0.720. The number of amidine groups is 1. The number of alkyl halides is 1. The van der Waals surface area contributed by atoms with Gasteiger partial charge in [0.1, 0.15) is 12.2 Å². The minimum Gasteiger partial charge on any atom is -0.394 e. The number of amides is 2. The first-order valence-corrected chi connectivity index (χ1v) is 5.44. The molecule has 0 aliphatic carbocycles. The minimum atomic E-state index is -2.20. The fraction of sp³-hybridized carbons (Fsp3) is 0.800. The molecule has 104 valence electrons. The van der Waals surface area contributed by atoms with E-state index >= 15 is 0 Å². The lowest BCUT2D eigenvalue weighted by Crippen LogP contribution is -2.53. The van der Waals surface area contributed by atoms with E-state index in [4.69, 9.17) is 15.3 Å². The third-order valence-corrected chi connectivity index (χ3v) is 2.86. The molecule has 2 amide bonds. The quantitative estimate of drug-likeness (QED) is 0.395. The van der Waals surface area contributed by atoms with Crippen molar-refractivity contribution in [2.24, 2.45) is 0 Å². The molecule has 0 radical (unpaired) electrons. The lowest BCUT2D eigenvalue weighted by Gasteiger charge is -2.31. The van der Waals surface area contributed by atoms with E-state index in [9.17, 15) is 14.3 Å². The normalized spacial score (nSPS) is 35.3. The molecule has 1 saturated heterocycles. The Bertz CT molecular complexity index is 350. The lowest BCUT2D eigenvalue weighted by molar-refractivity contribution is -0.0782. The van der Waals surface area contributed by atoms with Crippen LogP contribution in [0.3, 0.4) is 0 Å². The number of nitrogens with one attached hydrogen (secondary N) is 2. The number of hydrogen-bond donors (Lipinski definition) is 4. The van der Waals surface area contributed by atoms with Crippen molar-refractivity contribution in [2.45, 2.75) is 38.0 Å². The van der Waals surface area contributed by atoms with E-state index in [-0.39, 0.29) is 5.84 Å². The topological polar surface area (TPSA) is 106 Å². The third kappa shape index (κ3) is 2.60. The highest BCUT2D eigenvalue weighted by atomic mass is 19.1. The van der Waals surface area contributed by atoms with Crippen LogP contribution in [0.25, 0.3) is 0 Å². The van der Waals surface area contributed by atoms with Gasteiger partial charge in [-0.05, 0) is 13.8 Å². The second kappa shape index (κ2) is 5.17. The number of carbonyl (C=O) groups excluding carboxylic acids is 1. The van der Waals surface area contributed by atoms with E-state index in [1.807, 2.05) is 0 Å². The molecule has 1 aliphatic heterocycles. The molecule has 1 aliphatic rings. The van der Waals surface area contributed by atoms with Crippen LogP contribution >= 0.6 is 0 Å². The van der Waals surface area contributed by atoms with E-state index in [0.29, 0.717) is 0 Å². The molecule has 0 aromatic rings. The summed E-state index contributed by atoms with van der Waals surface area (Å²) in [5, 5.41) is 27.9. The van der Waals surface area contributed by atoms with Crippen LogP contribution in [0.2, 0.25) is 0 Å². The van der Waals surface area contributed by atoms with Gasteiger partial charge < -0.3 is 14.9 Å². The minimum absolute atomic E-state index is 0.0929. The van der Waals surface area contributed by atoms with Gasteiger partial charge in [-0.1, -0.05) is 0 Å². The summed E-state index contributed by atoms with van der Waals surface area (Å²) >= 11 is 0. The van der Waals surface area contributed by atoms with Crippen molar-refractivity contribution >= 4 is 11.9 Å². The number of rotatable bonds is 2. The molecule has 18 heavy (non-hydrogen) atoms. The average molecular weight is 263 g/mol. The van der Waals surface area contributed by atoms with Crippen LogP contribution in [-0.2, 0) is 4.74 Å². The number of nitrogens with zero attached hydrogens (tertiary/aromatic N) is 1. The fourth-order valence-corrected chi connectivity index (χ4v) is 1.85. The predicted octanol–water partition coefficient (Wildman–Crippen LogP) is -0.569. The Hall–Kier alpha value is -1.25. The van der Waals surface area contributed by atoms with Crippen LogP contribution in [0.4, 0.5) is 9.18 Å². The molecule has 4 N–H and O–H groups in total. The maximum Gasteiger partial charge on any atom is 0.324 e. The molecule has 4 atom stereocenters. The number of hydrogen-bond acceptors (Lipinski definition) is 5. The van der Waals surface area contributed by atoms with Crippen LogP contribution in [0.15, 0.2) is 0 Å². The van der Waals surface area contributed by atoms with Gasteiger partial charge in [0.15, 0.2) is 11.9 Å². The highest BCUT2D eigenvalue weighted by Gasteiger charge is 2.56. The molecule has 7 nitrogen and oxygen atoms in total. The standard InChI is InChI=1S/C10H18FN3O4/c1-5(12)13-9(17)14(3)8-10(2,11)7(16)6(4-15)18-8/h6-8,15-16H,4H2,1-3H3,(H2,12,13,17). The molecule has 0 aromatic carbocycles. The Morgan fingerprint density at radius 2 is 2.22 bits per heavy atom. The molecule has 0 spiro atoms. The number of aliphatic hydroxyl groups is 2. The molecule has 0 saturated carbocycles. The van der Waals surface area contributed by atoms with Crippen molar-refractivity contribution in [3.63, 3.8) is 0 Å².